The molecule has 5 nitrogen and oxygen atoms in total. The molecule has 112 valence electrons. The number of rotatable bonds is 7. The monoisotopic (exact) mass is 286 g/mol. The van der Waals surface area contributed by atoms with E-state index in [9.17, 15) is 4.79 Å². The normalized spacial score (nSPS) is 12.1. The molecule has 0 aliphatic heterocycles. The van der Waals surface area contributed by atoms with E-state index in [1.54, 1.807) is 12.5 Å². The van der Waals surface area contributed by atoms with Gasteiger partial charge in [-0.2, -0.15) is 0 Å². The lowest BCUT2D eigenvalue weighted by atomic mass is 10.0. The van der Waals surface area contributed by atoms with Gasteiger partial charge < -0.3 is 15.6 Å². The summed E-state index contributed by atoms with van der Waals surface area (Å²) in [7, 11) is 0. The molecule has 0 bridgehead atoms. The number of nitrogens with zero attached hydrogens (tertiary/aromatic N) is 2. The number of nitrogens with one attached hydrogen (secondary N) is 1. The molecule has 1 heterocycles. The Bertz CT molecular complexity index is 561. The minimum atomic E-state index is 0.0204. The smallest absolute Gasteiger partial charge is 0.224 e. The summed E-state index contributed by atoms with van der Waals surface area (Å²) in [5, 5.41) is 2.94. The lowest BCUT2D eigenvalue weighted by Crippen LogP contribution is -2.21. The van der Waals surface area contributed by atoms with E-state index in [1.165, 1.54) is 0 Å². The van der Waals surface area contributed by atoms with Crippen molar-refractivity contribution in [1.29, 1.82) is 0 Å². The first-order valence-electron chi connectivity index (χ1n) is 7.26. The van der Waals surface area contributed by atoms with E-state index < -0.39 is 0 Å². The zero-order chi connectivity index (χ0) is 15.1. The second-order valence-corrected chi connectivity index (χ2v) is 5.20. The number of imidazole rings is 1. The van der Waals surface area contributed by atoms with Crippen LogP contribution in [0.5, 0.6) is 0 Å². The molecule has 0 saturated carbocycles. The highest BCUT2D eigenvalue weighted by atomic mass is 16.1. The fourth-order valence-electron chi connectivity index (χ4n) is 2.21. The molecule has 0 aliphatic carbocycles. The third kappa shape index (κ3) is 4.72. The topological polar surface area (TPSA) is 72.9 Å². The van der Waals surface area contributed by atoms with Gasteiger partial charge in [-0.05, 0) is 30.2 Å². The molecular weight excluding hydrogens is 264 g/mol. The van der Waals surface area contributed by atoms with Crippen LogP contribution in [0, 0.1) is 5.92 Å². The summed E-state index contributed by atoms with van der Waals surface area (Å²) >= 11 is 0. The highest BCUT2D eigenvalue weighted by Crippen LogP contribution is 2.14. The van der Waals surface area contributed by atoms with Crippen molar-refractivity contribution in [2.24, 2.45) is 11.7 Å². The van der Waals surface area contributed by atoms with Gasteiger partial charge in [-0.3, -0.25) is 4.79 Å². The fourth-order valence-corrected chi connectivity index (χ4v) is 2.21. The largest absolute Gasteiger partial charge is 0.333 e. The zero-order valence-corrected chi connectivity index (χ0v) is 12.3. The molecule has 0 fully saturated rings. The molecule has 0 radical (unpaired) electrons. The number of carbonyl (C=O) groups excluding carboxylic acids is 1. The van der Waals surface area contributed by atoms with Gasteiger partial charge in [0.1, 0.15) is 0 Å². The number of benzene rings is 1. The summed E-state index contributed by atoms with van der Waals surface area (Å²) in [6, 6.07) is 7.87. The van der Waals surface area contributed by atoms with Gasteiger partial charge in [-0.15, -0.1) is 0 Å². The van der Waals surface area contributed by atoms with Crippen molar-refractivity contribution in [3.8, 4) is 0 Å². The van der Waals surface area contributed by atoms with Crippen LogP contribution in [0.2, 0.25) is 0 Å². The number of hydrogen-bond donors (Lipinski definition) is 2. The molecule has 5 heteroatoms. The van der Waals surface area contributed by atoms with E-state index in [0.717, 1.165) is 24.2 Å². The van der Waals surface area contributed by atoms with Crippen molar-refractivity contribution in [2.75, 3.05) is 11.9 Å². The summed E-state index contributed by atoms with van der Waals surface area (Å²) in [5.74, 6) is 0.270. The SMILES string of the molecule is CCC(CN)CC(=O)Nc1cccc(Cn2ccnc2)c1. The number of carbonyl (C=O) groups is 1. The van der Waals surface area contributed by atoms with Crippen molar-refractivity contribution in [1.82, 2.24) is 9.55 Å². The number of nitrogens with two attached hydrogens (primary N) is 1. The lowest BCUT2D eigenvalue weighted by Gasteiger charge is -2.12. The minimum absolute atomic E-state index is 0.0204. The summed E-state index contributed by atoms with van der Waals surface area (Å²) in [5.41, 5.74) is 7.58. The second-order valence-electron chi connectivity index (χ2n) is 5.20. The average Bonchev–Trinajstić information content (AvgIpc) is 2.98. The standard InChI is InChI=1S/C16H22N4O/c1-2-13(10-17)9-16(21)19-15-5-3-4-14(8-15)11-20-7-6-18-12-20/h3-8,12-13H,2,9-11,17H2,1H3,(H,19,21). The molecule has 21 heavy (non-hydrogen) atoms. The second kappa shape index (κ2) is 7.59. The first-order chi connectivity index (χ1) is 10.2. The van der Waals surface area contributed by atoms with E-state index >= 15 is 0 Å². The van der Waals surface area contributed by atoms with Crippen molar-refractivity contribution >= 4 is 11.6 Å². The van der Waals surface area contributed by atoms with Crippen LogP contribution in [0.3, 0.4) is 0 Å². The fraction of sp³-hybridized carbons (Fsp3) is 0.375. The Labute approximate surface area is 125 Å². The Hall–Kier alpha value is -2.14. The van der Waals surface area contributed by atoms with Gasteiger partial charge in [0, 0.05) is 31.0 Å². The molecule has 2 aromatic rings. The van der Waals surface area contributed by atoms with Gasteiger partial charge in [0.05, 0.1) is 6.33 Å². The molecule has 1 atom stereocenters. The first kappa shape index (κ1) is 15.3. The summed E-state index contributed by atoms with van der Waals surface area (Å²) in [6.07, 6.45) is 6.84. The summed E-state index contributed by atoms with van der Waals surface area (Å²) in [6.45, 7) is 3.34. The number of aromatic nitrogens is 2. The number of hydrogen-bond acceptors (Lipinski definition) is 3. The first-order valence-corrected chi connectivity index (χ1v) is 7.26. The van der Waals surface area contributed by atoms with E-state index in [2.05, 4.69) is 17.2 Å². The molecular formula is C16H22N4O. The predicted octanol–water partition coefficient (Wildman–Crippen LogP) is 2.24. The van der Waals surface area contributed by atoms with Crippen LogP contribution in [-0.4, -0.2) is 22.0 Å². The highest BCUT2D eigenvalue weighted by molar-refractivity contribution is 5.90. The Kier molecular flexibility index (Phi) is 5.51. The lowest BCUT2D eigenvalue weighted by molar-refractivity contribution is -0.117. The van der Waals surface area contributed by atoms with Crippen LogP contribution < -0.4 is 11.1 Å². The molecule has 0 spiro atoms. The molecule has 0 aliphatic rings. The van der Waals surface area contributed by atoms with Crippen LogP contribution in [-0.2, 0) is 11.3 Å². The van der Waals surface area contributed by atoms with Gasteiger partial charge in [0.2, 0.25) is 5.91 Å². The number of amides is 1. The average molecular weight is 286 g/mol. The van der Waals surface area contributed by atoms with Crippen LogP contribution >= 0.6 is 0 Å². The van der Waals surface area contributed by atoms with E-state index in [1.807, 2.05) is 35.0 Å². The van der Waals surface area contributed by atoms with Crippen molar-refractivity contribution in [3.63, 3.8) is 0 Å². The Balaban J connectivity index is 1.96. The molecule has 1 amide bonds. The van der Waals surface area contributed by atoms with E-state index in [0.29, 0.717) is 13.0 Å². The van der Waals surface area contributed by atoms with Gasteiger partial charge in [0.15, 0.2) is 0 Å². The molecule has 0 saturated heterocycles. The molecule has 1 aromatic heterocycles. The van der Waals surface area contributed by atoms with Crippen LogP contribution in [0.25, 0.3) is 0 Å². The zero-order valence-electron chi connectivity index (χ0n) is 12.3. The van der Waals surface area contributed by atoms with Crippen LogP contribution in [0.4, 0.5) is 5.69 Å². The van der Waals surface area contributed by atoms with Crippen LogP contribution in [0.1, 0.15) is 25.3 Å². The van der Waals surface area contributed by atoms with Crippen molar-refractivity contribution < 1.29 is 4.79 Å². The van der Waals surface area contributed by atoms with E-state index in [4.69, 9.17) is 5.73 Å². The third-order valence-electron chi connectivity index (χ3n) is 3.52. The Morgan fingerprint density at radius 1 is 1.48 bits per heavy atom. The quantitative estimate of drug-likeness (QED) is 0.820. The maximum Gasteiger partial charge on any atom is 0.224 e. The maximum absolute atomic E-state index is 12.0. The maximum atomic E-state index is 12.0. The van der Waals surface area contributed by atoms with Gasteiger partial charge in [-0.25, -0.2) is 4.98 Å². The summed E-state index contributed by atoms with van der Waals surface area (Å²) < 4.78 is 1.99. The number of anilines is 1. The van der Waals surface area contributed by atoms with Crippen molar-refractivity contribution in [3.05, 3.63) is 48.5 Å². The third-order valence-corrected chi connectivity index (χ3v) is 3.52. The Morgan fingerprint density at radius 3 is 3.00 bits per heavy atom. The minimum Gasteiger partial charge on any atom is -0.333 e. The van der Waals surface area contributed by atoms with Crippen LogP contribution in [0.15, 0.2) is 43.0 Å². The predicted molar refractivity (Wildman–Crippen MR) is 83.9 cm³/mol. The summed E-state index contributed by atoms with van der Waals surface area (Å²) in [4.78, 5) is 16.0. The van der Waals surface area contributed by atoms with Gasteiger partial charge in [0.25, 0.3) is 0 Å². The van der Waals surface area contributed by atoms with Gasteiger partial charge in [-0.1, -0.05) is 25.5 Å². The molecule has 3 N–H and O–H groups in total. The molecule has 2 rings (SSSR count). The molecule has 1 aromatic carbocycles. The van der Waals surface area contributed by atoms with Crippen molar-refractivity contribution in [2.45, 2.75) is 26.3 Å². The Morgan fingerprint density at radius 2 is 2.33 bits per heavy atom. The molecule has 1 unspecified atom stereocenters. The van der Waals surface area contributed by atoms with Gasteiger partial charge >= 0.3 is 0 Å². The van der Waals surface area contributed by atoms with E-state index in [-0.39, 0.29) is 11.8 Å². The highest BCUT2D eigenvalue weighted by Gasteiger charge is 2.10.